The van der Waals surface area contributed by atoms with Crippen LogP contribution in [0.25, 0.3) is 11.4 Å². The fraction of sp³-hybridized carbons (Fsp3) is 0.400. The van der Waals surface area contributed by atoms with Crippen LogP contribution in [0.4, 0.5) is 5.13 Å². The molecule has 1 aliphatic carbocycles. The number of pyridine rings is 1. The number of anilines is 1. The first-order valence-electron chi connectivity index (χ1n) is 11.1. The Morgan fingerprint density at radius 2 is 1.84 bits per heavy atom. The molecule has 3 aromatic rings. The van der Waals surface area contributed by atoms with E-state index in [0.29, 0.717) is 23.7 Å². The minimum atomic E-state index is 0.0109. The number of nitrogens with zero attached hydrogens (tertiary/aromatic N) is 3. The highest BCUT2D eigenvalue weighted by molar-refractivity contribution is 7.14. The minimum Gasteiger partial charge on any atom is -0.361 e. The molecule has 1 amide bonds. The van der Waals surface area contributed by atoms with Crippen LogP contribution in [0.3, 0.4) is 0 Å². The van der Waals surface area contributed by atoms with Crippen LogP contribution in [-0.4, -0.2) is 40.4 Å². The molecule has 3 unspecified atom stereocenters. The van der Waals surface area contributed by atoms with Crippen molar-refractivity contribution in [3.05, 3.63) is 65.7 Å². The third-order valence-electron chi connectivity index (χ3n) is 7.07. The molecule has 0 spiro atoms. The van der Waals surface area contributed by atoms with Gasteiger partial charge in [0, 0.05) is 37.1 Å². The highest BCUT2D eigenvalue weighted by Crippen LogP contribution is 2.52. The molecule has 1 aromatic carbocycles. The number of fused-ring (bicyclic) bond motifs is 1. The van der Waals surface area contributed by atoms with Gasteiger partial charge in [0.05, 0.1) is 5.69 Å². The molecule has 31 heavy (non-hydrogen) atoms. The van der Waals surface area contributed by atoms with Gasteiger partial charge in [0.15, 0.2) is 5.13 Å². The number of piperidine rings is 1. The zero-order chi connectivity index (χ0) is 21.4. The molecule has 160 valence electrons. The Morgan fingerprint density at radius 1 is 1.10 bits per heavy atom. The predicted octanol–water partition coefficient (Wildman–Crippen LogP) is 4.76. The summed E-state index contributed by atoms with van der Waals surface area (Å²) in [6.45, 7) is 6.97. The second-order valence-corrected chi connectivity index (χ2v) is 9.71. The number of thiazole rings is 1. The van der Waals surface area contributed by atoms with Crippen LogP contribution >= 0.6 is 11.3 Å². The summed E-state index contributed by atoms with van der Waals surface area (Å²) in [4.78, 5) is 24.2. The normalized spacial score (nSPS) is 23.8. The molecule has 5 atom stereocenters. The Morgan fingerprint density at radius 3 is 2.55 bits per heavy atom. The molecular weight excluding hydrogens is 404 g/mol. The van der Waals surface area contributed by atoms with Crippen molar-refractivity contribution in [3.63, 3.8) is 0 Å². The Labute approximate surface area is 187 Å². The number of hydrogen-bond donors (Lipinski definition) is 1. The third kappa shape index (κ3) is 4.09. The van der Waals surface area contributed by atoms with Crippen molar-refractivity contribution in [1.82, 2.24) is 14.9 Å². The van der Waals surface area contributed by atoms with Crippen LogP contribution in [0, 0.1) is 23.7 Å². The van der Waals surface area contributed by atoms with Gasteiger partial charge in [-0.05, 0) is 41.4 Å². The van der Waals surface area contributed by atoms with Gasteiger partial charge in [-0.25, -0.2) is 4.98 Å². The van der Waals surface area contributed by atoms with E-state index in [1.807, 2.05) is 41.8 Å². The molecule has 6 heteroatoms. The summed E-state index contributed by atoms with van der Waals surface area (Å²) < 4.78 is 0. The molecule has 2 fully saturated rings. The summed E-state index contributed by atoms with van der Waals surface area (Å²) in [5.74, 6) is 2.46. The maximum atomic E-state index is 13.0. The number of rotatable bonds is 7. The zero-order valence-electron chi connectivity index (χ0n) is 17.9. The summed E-state index contributed by atoms with van der Waals surface area (Å²) in [6.07, 6.45) is 1.79. The monoisotopic (exact) mass is 432 g/mol. The second kappa shape index (κ2) is 8.42. The lowest BCUT2D eigenvalue weighted by molar-refractivity contribution is -0.135. The summed E-state index contributed by atoms with van der Waals surface area (Å²) >= 11 is 1.63. The quantitative estimate of drug-likeness (QED) is 0.585. The molecule has 0 radical (unpaired) electrons. The minimum absolute atomic E-state index is 0.0109. The van der Waals surface area contributed by atoms with Crippen molar-refractivity contribution >= 4 is 22.4 Å². The number of amides is 1. The van der Waals surface area contributed by atoms with Crippen molar-refractivity contribution < 1.29 is 4.79 Å². The largest absolute Gasteiger partial charge is 0.361 e. The lowest BCUT2D eigenvalue weighted by atomic mass is 9.88. The van der Waals surface area contributed by atoms with E-state index in [-0.39, 0.29) is 11.8 Å². The van der Waals surface area contributed by atoms with E-state index in [1.54, 1.807) is 17.5 Å². The average Bonchev–Trinajstić information content (AvgIpc) is 3.18. The molecule has 5 nitrogen and oxygen atoms in total. The van der Waals surface area contributed by atoms with Gasteiger partial charge in [-0.15, -0.1) is 11.3 Å². The maximum Gasteiger partial charge on any atom is 0.226 e. The molecule has 0 bridgehead atoms. The van der Waals surface area contributed by atoms with Gasteiger partial charge in [0.2, 0.25) is 5.91 Å². The molecule has 1 N–H and O–H groups in total. The lowest BCUT2D eigenvalue weighted by Crippen LogP contribution is -2.37. The molecule has 2 aliphatic rings. The number of carbonyl (C=O) groups excluding carboxylic acids is 1. The molecule has 1 saturated heterocycles. The van der Waals surface area contributed by atoms with E-state index in [4.69, 9.17) is 0 Å². The summed E-state index contributed by atoms with van der Waals surface area (Å²) in [7, 11) is 0. The van der Waals surface area contributed by atoms with Gasteiger partial charge >= 0.3 is 0 Å². The van der Waals surface area contributed by atoms with Gasteiger partial charge in [-0.2, -0.15) is 0 Å². The molecule has 3 heterocycles. The van der Waals surface area contributed by atoms with Crippen LogP contribution in [0.1, 0.15) is 25.3 Å². The topological polar surface area (TPSA) is 58.1 Å². The molecule has 1 saturated carbocycles. The van der Waals surface area contributed by atoms with Gasteiger partial charge in [0.25, 0.3) is 0 Å². The standard InChI is InChI=1S/C25H28N4OS/c1-16(18-8-4-3-5-9-18)17(2)24(30)29-13-20-19(21(20)14-29)12-27-25-28-23(15-31-25)22-10-6-7-11-26-22/h3-11,15-17,19-21H,12-14H2,1-2H3,(H,27,28)/t16?,17?,19?,20-,21+. The fourth-order valence-electron chi connectivity index (χ4n) is 4.87. The van der Waals surface area contributed by atoms with Crippen LogP contribution in [0.2, 0.25) is 0 Å². The van der Waals surface area contributed by atoms with E-state index < -0.39 is 0 Å². The van der Waals surface area contributed by atoms with Crippen molar-refractivity contribution in [1.29, 1.82) is 0 Å². The van der Waals surface area contributed by atoms with Gasteiger partial charge in [0.1, 0.15) is 5.69 Å². The molecule has 5 rings (SSSR count). The van der Waals surface area contributed by atoms with E-state index in [0.717, 1.165) is 36.2 Å². The molecule has 2 aromatic heterocycles. The SMILES string of the molecule is CC(C(=O)N1C[C@@H]2C(CNc3nc(-c4ccccn4)cs3)[C@@H]2C1)C(C)c1ccccc1. The highest BCUT2D eigenvalue weighted by atomic mass is 32.1. The van der Waals surface area contributed by atoms with Crippen molar-refractivity contribution in [2.45, 2.75) is 19.8 Å². The number of carbonyl (C=O) groups is 1. The molecular formula is C25H28N4OS. The van der Waals surface area contributed by atoms with Crippen molar-refractivity contribution in [3.8, 4) is 11.4 Å². The first kappa shape index (κ1) is 20.2. The maximum absolute atomic E-state index is 13.0. The van der Waals surface area contributed by atoms with Crippen molar-refractivity contribution in [2.75, 3.05) is 25.0 Å². The lowest BCUT2D eigenvalue weighted by Gasteiger charge is -2.27. The highest BCUT2D eigenvalue weighted by Gasteiger charge is 2.56. The fourth-order valence-corrected chi connectivity index (χ4v) is 5.59. The van der Waals surface area contributed by atoms with E-state index in [2.05, 4.69) is 46.2 Å². The molecule has 1 aliphatic heterocycles. The Hall–Kier alpha value is -2.73. The first-order valence-corrected chi connectivity index (χ1v) is 11.9. The predicted molar refractivity (Wildman–Crippen MR) is 125 cm³/mol. The van der Waals surface area contributed by atoms with Gasteiger partial charge in [-0.1, -0.05) is 50.2 Å². The van der Waals surface area contributed by atoms with Crippen molar-refractivity contribution in [2.24, 2.45) is 23.7 Å². The Bertz CT molecular complexity index is 1030. The number of aromatic nitrogens is 2. The summed E-state index contributed by atoms with van der Waals surface area (Å²) in [5, 5.41) is 6.51. The van der Waals surface area contributed by atoms with Gasteiger partial charge < -0.3 is 10.2 Å². The average molecular weight is 433 g/mol. The Kier molecular flexibility index (Phi) is 5.48. The smallest absolute Gasteiger partial charge is 0.226 e. The summed E-state index contributed by atoms with van der Waals surface area (Å²) in [6, 6.07) is 16.2. The van der Waals surface area contributed by atoms with Crippen LogP contribution in [-0.2, 0) is 4.79 Å². The van der Waals surface area contributed by atoms with Crippen LogP contribution in [0.15, 0.2) is 60.1 Å². The van der Waals surface area contributed by atoms with E-state index in [9.17, 15) is 4.79 Å². The van der Waals surface area contributed by atoms with Crippen LogP contribution < -0.4 is 5.32 Å². The van der Waals surface area contributed by atoms with Crippen LogP contribution in [0.5, 0.6) is 0 Å². The number of likely N-dealkylation sites (tertiary alicyclic amines) is 1. The van der Waals surface area contributed by atoms with E-state index >= 15 is 0 Å². The third-order valence-corrected chi connectivity index (χ3v) is 7.87. The zero-order valence-corrected chi connectivity index (χ0v) is 18.8. The summed E-state index contributed by atoms with van der Waals surface area (Å²) in [5.41, 5.74) is 3.06. The Balaban J connectivity index is 1.11. The first-order chi connectivity index (χ1) is 15.1. The van der Waals surface area contributed by atoms with Gasteiger partial charge in [-0.3, -0.25) is 9.78 Å². The van der Waals surface area contributed by atoms with E-state index in [1.165, 1.54) is 5.56 Å². The number of benzene rings is 1. The number of nitrogens with one attached hydrogen (secondary N) is 1. The number of hydrogen-bond acceptors (Lipinski definition) is 5. The second-order valence-electron chi connectivity index (χ2n) is 8.86.